The SMILES string of the molecule is CCOC(=O)CCc1ccc(-c2ccc(-n3ccnc3)cc2)n1-c1ccc(C#N)cc1C. The number of ether oxygens (including phenoxy) is 1. The Hall–Kier alpha value is -4.11. The molecule has 160 valence electrons. The lowest BCUT2D eigenvalue weighted by Crippen LogP contribution is -2.09. The maximum absolute atomic E-state index is 12.0. The molecule has 6 nitrogen and oxygen atoms in total. The summed E-state index contributed by atoms with van der Waals surface area (Å²) >= 11 is 0. The number of carbonyl (C=O) groups is 1. The Labute approximate surface area is 187 Å². The fourth-order valence-corrected chi connectivity index (χ4v) is 3.84. The van der Waals surface area contributed by atoms with Crippen LogP contribution in [-0.2, 0) is 16.0 Å². The number of esters is 1. The molecule has 0 N–H and O–H groups in total. The molecule has 4 rings (SSSR count). The number of imidazole rings is 1. The number of hydrogen-bond donors (Lipinski definition) is 0. The van der Waals surface area contributed by atoms with E-state index in [0.717, 1.165) is 33.9 Å². The number of nitriles is 1. The van der Waals surface area contributed by atoms with Crippen LogP contribution >= 0.6 is 0 Å². The Kier molecular flexibility index (Phi) is 6.18. The number of nitrogens with zero attached hydrogens (tertiary/aromatic N) is 4. The van der Waals surface area contributed by atoms with E-state index in [9.17, 15) is 10.1 Å². The van der Waals surface area contributed by atoms with Crippen molar-refractivity contribution in [1.82, 2.24) is 14.1 Å². The number of aromatic nitrogens is 3. The first-order chi connectivity index (χ1) is 15.6. The maximum Gasteiger partial charge on any atom is 0.306 e. The topological polar surface area (TPSA) is 72.8 Å². The zero-order valence-electron chi connectivity index (χ0n) is 18.2. The lowest BCUT2D eigenvalue weighted by molar-refractivity contribution is -0.143. The van der Waals surface area contributed by atoms with E-state index in [1.54, 1.807) is 12.5 Å². The number of benzene rings is 2. The minimum Gasteiger partial charge on any atom is -0.466 e. The Morgan fingerprint density at radius 1 is 1.12 bits per heavy atom. The van der Waals surface area contributed by atoms with Crippen molar-refractivity contribution in [3.05, 3.63) is 90.1 Å². The molecule has 32 heavy (non-hydrogen) atoms. The van der Waals surface area contributed by atoms with Gasteiger partial charge in [-0.05, 0) is 73.9 Å². The Morgan fingerprint density at radius 2 is 1.94 bits per heavy atom. The molecule has 2 aromatic heterocycles. The Balaban J connectivity index is 1.75. The molecule has 0 bridgehead atoms. The number of aryl methyl sites for hydroxylation is 2. The molecular weight excluding hydrogens is 400 g/mol. The fourth-order valence-electron chi connectivity index (χ4n) is 3.84. The third kappa shape index (κ3) is 4.33. The molecule has 0 aliphatic carbocycles. The number of rotatable bonds is 7. The minimum absolute atomic E-state index is 0.206. The van der Waals surface area contributed by atoms with Crippen molar-refractivity contribution in [2.45, 2.75) is 26.7 Å². The average Bonchev–Trinajstić information content (AvgIpc) is 3.48. The van der Waals surface area contributed by atoms with Crippen LogP contribution in [0.4, 0.5) is 0 Å². The van der Waals surface area contributed by atoms with Crippen LogP contribution in [0, 0.1) is 18.3 Å². The van der Waals surface area contributed by atoms with Gasteiger partial charge < -0.3 is 13.9 Å². The quantitative estimate of drug-likeness (QED) is 0.391. The molecule has 0 saturated carbocycles. The lowest BCUT2D eigenvalue weighted by Gasteiger charge is -2.17. The van der Waals surface area contributed by atoms with Crippen molar-refractivity contribution in [3.63, 3.8) is 0 Å². The van der Waals surface area contributed by atoms with Gasteiger partial charge in [-0.2, -0.15) is 5.26 Å². The molecule has 0 fully saturated rings. The van der Waals surface area contributed by atoms with Gasteiger partial charge in [-0.25, -0.2) is 4.98 Å². The zero-order valence-corrected chi connectivity index (χ0v) is 18.2. The molecule has 4 aromatic rings. The third-order valence-corrected chi connectivity index (χ3v) is 5.38. The van der Waals surface area contributed by atoms with Gasteiger partial charge in [0.2, 0.25) is 0 Å². The van der Waals surface area contributed by atoms with Crippen molar-refractivity contribution in [2.24, 2.45) is 0 Å². The summed E-state index contributed by atoms with van der Waals surface area (Å²) < 4.78 is 9.24. The van der Waals surface area contributed by atoms with Crippen LogP contribution in [-0.4, -0.2) is 26.7 Å². The van der Waals surface area contributed by atoms with Crippen LogP contribution < -0.4 is 0 Å². The summed E-state index contributed by atoms with van der Waals surface area (Å²) in [6, 6.07) is 20.3. The van der Waals surface area contributed by atoms with Gasteiger partial charge in [-0.1, -0.05) is 12.1 Å². The predicted molar refractivity (Wildman–Crippen MR) is 123 cm³/mol. The number of carbonyl (C=O) groups excluding carboxylic acids is 1. The summed E-state index contributed by atoms with van der Waals surface area (Å²) in [5.41, 5.74) is 6.73. The highest BCUT2D eigenvalue weighted by Gasteiger charge is 2.16. The standard InChI is InChI=1S/C26H24N4O2/c1-3-32-26(31)13-10-23-9-12-25(30(23)24-11-4-20(17-27)16-19(24)2)21-5-7-22(8-6-21)29-15-14-28-18-29/h4-9,11-12,14-16,18H,3,10,13H2,1-2H3. The van der Waals surface area contributed by atoms with Crippen molar-refractivity contribution in [3.8, 4) is 28.7 Å². The normalized spacial score (nSPS) is 10.7. The van der Waals surface area contributed by atoms with Crippen LogP contribution in [0.1, 0.15) is 30.2 Å². The Morgan fingerprint density at radius 3 is 2.59 bits per heavy atom. The van der Waals surface area contributed by atoms with Crippen molar-refractivity contribution >= 4 is 5.97 Å². The second kappa shape index (κ2) is 9.36. The molecule has 6 heteroatoms. The van der Waals surface area contributed by atoms with Gasteiger partial charge in [0.25, 0.3) is 0 Å². The summed E-state index contributed by atoms with van der Waals surface area (Å²) in [4.78, 5) is 16.1. The zero-order chi connectivity index (χ0) is 22.5. The van der Waals surface area contributed by atoms with Crippen LogP contribution in [0.2, 0.25) is 0 Å². The highest BCUT2D eigenvalue weighted by atomic mass is 16.5. The molecule has 0 radical (unpaired) electrons. The molecule has 0 aliphatic heterocycles. The van der Waals surface area contributed by atoms with Crippen molar-refractivity contribution in [1.29, 1.82) is 5.26 Å². The summed E-state index contributed by atoms with van der Waals surface area (Å²) in [5.74, 6) is -0.206. The van der Waals surface area contributed by atoms with Gasteiger partial charge in [0.15, 0.2) is 0 Å². The molecule has 0 unspecified atom stereocenters. The van der Waals surface area contributed by atoms with Crippen LogP contribution in [0.3, 0.4) is 0 Å². The van der Waals surface area contributed by atoms with Gasteiger partial charge in [0, 0.05) is 29.5 Å². The first-order valence-electron chi connectivity index (χ1n) is 10.6. The second-order valence-corrected chi connectivity index (χ2v) is 7.48. The van der Waals surface area contributed by atoms with E-state index < -0.39 is 0 Å². The van der Waals surface area contributed by atoms with E-state index in [-0.39, 0.29) is 5.97 Å². The lowest BCUT2D eigenvalue weighted by atomic mass is 10.1. The van der Waals surface area contributed by atoms with Crippen LogP contribution in [0.15, 0.2) is 73.3 Å². The molecule has 2 heterocycles. The predicted octanol–water partition coefficient (Wildman–Crippen LogP) is 5.01. The average molecular weight is 425 g/mol. The summed E-state index contributed by atoms with van der Waals surface area (Å²) in [7, 11) is 0. The monoisotopic (exact) mass is 424 g/mol. The van der Waals surface area contributed by atoms with Gasteiger partial charge in [-0.15, -0.1) is 0 Å². The summed E-state index contributed by atoms with van der Waals surface area (Å²) in [5, 5.41) is 9.26. The number of hydrogen-bond acceptors (Lipinski definition) is 4. The molecule has 2 aromatic carbocycles. The van der Waals surface area contributed by atoms with Gasteiger partial charge in [-0.3, -0.25) is 4.79 Å². The second-order valence-electron chi connectivity index (χ2n) is 7.48. The smallest absolute Gasteiger partial charge is 0.306 e. The first kappa shape index (κ1) is 21.1. The summed E-state index contributed by atoms with van der Waals surface area (Å²) in [6.07, 6.45) is 6.30. The molecule has 0 amide bonds. The van der Waals surface area contributed by atoms with E-state index in [4.69, 9.17) is 4.74 Å². The summed E-state index contributed by atoms with van der Waals surface area (Å²) in [6.45, 7) is 4.19. The van der Waals surface area contributed by atoms with E-state index in [1.165, 1.54) is 0 Å². The van der Waals surface area contributed by atoms with Gasteiger partial charge in [0.1, 0.15) is 0 Å². The van der Waals surface area contributed by atoms with E-state index in [0.29, 0.717) is 25.0 Å². The third-order valence-electron chi connectivity index (χ3n) is 5.38. The van der Waals surface area contributed by atoms with E-state index in [1.807, 2.05) is 42.8 Å². The molecular formula is C26H24N4O2. The largest absolute Gasteiger partial charge is 0.466 e. The minimum atomic E-state index is -0.206. The van der Waals surface area contributed by atoms with Crippen LogP contribution in [0.5, 0.6) is 0 Å². The van der Waals surface area contributed by atoms with Crippen molar-refractivity contribution < 1.29 is 9.53 Å². The Bertz CT molecular complexity index is 1260. The highest BCUT2D eigenvalue weighted by Crippen LogP contribution is 2.30. The van der Waals surface area contributed by atoms with E-state index in [2.05, 4.69) is 52.0 Å². The molecule has 0 atom stereocenters. The molecule has 0 spiro atoms. The maximum atomic E-state index is 12.0. The fraction of sp³-hybridized carbons (Fsp3) is 0.192. The van der Waals surface area contributed by atoms with Gasteiger partial charge in [0.05, 0.1) is 36.7 Å². The van der Waals surface area contributed by atoms with Crippen LogP contribution in [0.25, 0.3) is 22.6 Å². The molecule has 0 aliphatic rings. The van der Waals surface area contributed by atoms with Gasteiger partial charge >= 0.3 is 5.97 Å². The first-order valence-corrected chi connectivity index (χ1v) is 10.6. The molecule has 0 saturated heterocycles. The van der Waals surface area contributed by atoms with E-state index >= 15 is 0 Å². The highest BCUT2D eigenvalue weighted by molar-refractivity contribution is 5.70. The van der Waals surface area contributed by atoms with Crippen molar-refractivity contribution in [2.75, 3.05) is 6.61 Å².